The van der Waals surface area contributed by atoms with Gasteiger partial charge in [-0.1, -0.05) is 13.8 Å². The SMILES string of the molecule is CCC(C)C(=O)OC(N)C(F)F. The lowest BCUT2D eigenvalue weighted by Gasteiger charge is -2.14. The topological polar surface area (TPSA) is 52.3 Å². The van der Waals surface area contributed by atoms with Gasteiger partial charge in [0, 0.05) is 0 Å². The third kappa shape index (κ3) is 3.61. The van der Waals surface area contributed by atoms with E-state index >= 15 is 0 Å². The molecule has 0 aliphatic carbocycles. The van der Waals surface area contributed by atoms with Gasteiger partial charge in [-0.25, -0.2) is 8.78 Å². The summed E-state index contributed by atoms with van der Waals surface area (Å²) in [6.45, 7) is 3.36. The molecular formula is C7H13F2NO2. The maximum Gasteiger partial charge on any atom is 0.310 e. The molecule has 2 unspecified atom stereocenters. The molecule has 0 aromatic heterocycles. The summed E-state index contributed by atoms with van der Waals surface area (Å²) < 4.78 is 27.8. The molecule has 0 rings (SSSR count). The summed E-state index contributed by atoms with van der Waals surface area (Å²) in [6.07, 6.45) is -4.07. The maximum absolute atomic E-state index is 11.8. The number of ether oxygens (including phenoxy) is 1. The van der Waals surface area contributed by atoms with Gasteiger partial charge in [0.05, 0.1) is 5.92 Å². The molecule has 0 amide bonds. The predicted octanol–water partition coefficient (Wildman–Crippen LogP) is 1.13. The third-order valence-electron chi connectivity index (χ3n) is 1.52. The van der Waals surface area contributed by atoms with Gasteiger partial charge in [-0.2, -0.15) is 0 Å². The van der Waals surface area contributed by atoms with Crippen LogP contribution in [0.2, 0.25) is 0 Å². The van der Waals surface area contributed by atoms with E-state index in [1.807, 2.05) is 0 Å². The summed E-state index contributed by atoms with van der Waals surface area (Å²) >= 11 is 0. The van der Waals surface area contributed by atoms with Gasteiger partial charge in [-0.05, 0) is 6.42 Å². The first-order chi connectivity index (χ1) is 5.49. The Morgan fingerprint density at radius 1 is 1.58 bits per heavy atom. The fourth-order valence-electron chi connectivity index (χ4n) is 0.468. The van der Waals surface area contributed by atoms with E-state index in [1.165, 1.54) is 0 Å². The summed E-state index contributed by atoms with van der Waals surface area (Å²) in [5.74, 6) is -1.06. The fraction of sp³-hybridized carbons (Fsp3) is 0.857. The molecule has 0 spiro atoms. The van der Waals surface area contributed by atoms with E-state index in [-0.39, 0.29) is 5.92 Å². The molecule has 0 saturated carbocycles. The zero-order chi connectivity index (χ0) is 9.72. The van der Waals surface area contributed by atoms with Gasteiger partial charge in [0.2, 0.25) is 6.23 Å². The van der Waals surface area contributed by atoms with Gasteiger partial charge < -0.3 is 4.74 Å². The van der Waals surface area contributed by atoms with Crippen LogP contribution >= 0.6 is 0 Å². The second-order valence-electron chi connectivity index (χ2n) is 2.55. The van der Waals surface area contributed by atoms with Crippen molar-refractivity contribution in [2.45, 2.75) is 32.9 Å². The molecule has 0 aromatic rings. The minimum Gasteiger partial charge on any atom is -0.440 e. The van der Waals surface area contributed by atoms with Crippen molar-refractivity contribution in [1.82, 2.24) is 0 Å². The van der Waals surface area contributed by atoms with E-state index in [1.54, 1.807) is 13.8 Å². The van der Waals surface area contributed by atoms with Crippen molar-refractivity contribution in [3.05, 3.63) is 0 Å². The normalized spacial score (nSPS) is 15.8. The average molecular weight is 181 g/mol. The highest BCUT2D eigenvalue weighted by atomic mass is 19.3. The van der Waals surface area contributed by atoms with E-state index in [0.717, 1.165) is 0 Å². The average Bonchev–Trinajstić information content (AvgIpc) is 2.02. The molecule has 0 fully saturated rings. The monoisotopic (exact) mass is 181 g/mol. The molecule has 0 saturated heterocycles. The number of esters is 1. The van der Waals surface area contributed by atoms with Gasteiger partial charge >= 0.3 is 5.97 Å². The number of carbonyl (C=O) groups excluding carboxylic acids is 1. The van der Waals surface area contributed by atoms with Crippen molar-refractivity contribution < 1.29 is 18.3 Å². The van der Waals surface area contributed by atoms with Crippen LogP contribution in [-0.2, 0) is 9.53 Å². The maximum atomic E-state index is 11.8. The largest absolute Gasteiger partial charge is 0.440 e. The lowest BCUT2D eigenvalue weighted by Crippen LogP contribution is -2.35. The van der Waals surface area contributed by atoms with E-state index in [0.29, 0.717) is 6.42 Å². The van der Waals surface area contributed by atoms with E-state index in [9.17, 15) is 13.6 Å². The molecule has 2 atom stereocenters. The molecule has 5 heteroatoms. The van der Waals surface area contributed by atoms with E-state index in [2.05, 4.69) is 4.74 Å². The summed E-state index contributed by atoms with van der Waals surface area (Å²) in [5, 5.41) is 0. The molecule has 3 nitrogen and oxygen atoms in total. The van der Waals surface area contributed by atoms with Crippen LogP contribution in [-0.4, -0.2) is 18.6 Å². The van der Waals surface area contributed by atoms with Crippen LogP contribution in [0.1, 0.15) is 20.3 Å². The highest BCUT2D eigenvalue weighted by Crippen LogP contribution is 2.07. The van der Waals surface area contributed by atoms with Crippen LogP contribution in [0.5, 0.6) is 0 Å². The Hall–Kier alpha value is -0.710. The lowest BCUT2D eigenvalue weighted by molar-refractivity contribution is -0.161. The molecule has 0 aliphatic heterocycles. The fourth-order valence-corrected chi connectivity index (χ4v) is 0.468. The molecule has 0 bridgehead atoms. The Morgan fingerprint density at radius 3 is 2.42 bits per heavy atom. The zero-order valence-corrected chi connectivity index (χ0v) is 7.09. The Bertz CT molecular complexity index is 152. The molecule has 0 aromatic carbocycles. The lowest BCUT2D eigenvalue weighted by atomic mass is 10.1. The van der Waals surface area contributed by atoms with Crippen molar-refractivity contribution >= 4 is 5.97 Å². The predicted molar refractivity (Wildman–Crippen MR) is 39.5 cm³/mol. The standard InChI is InChI=1S/C7H13F2NO2/c1-3-4(2)7(11)12-6(10)5(8)9/h4-6H,3,10H2,1-2H3. The number of hydrogen-bond donors (Lipinski definition) is 1. The first kappa shape index (κ1) is 11.3. The Kier molecular flexibility index (Phi) is 4.73. The van der Waals surface area contributed by atoms with Gasteiger partial charge in [-0.15, -0.1) is 0 Å². The number of rotatable bonds is 4. The molecule has 0 aliphatic rings. The zero-order valence-electron chi connectivity index (χ0n) is 7.09. The molecule has 72 valence electrons. The second-order valence-corrected chi connectivity index (χ2v) is 2.55. The smallest absolute Gasteiger partial charge is 0.310 e. The van der Waals surface area contributed by atoms with Crippen LogP contribution in [0.4, 0.5) is 8.78 Å². The van der Waals surface area contributed by atoms with E-state index in [4.69, 9.17) is 5.73 Å². The van der Waals surface area contributed by atoms with Gasteiger partial charge in [0.1, 0.15) is 0 Å². The second kappa shape index (κ2) is 5.03. The van der Waals surface area contributed by atoms with Crippen LogP contribution in [0.3, 0.4) is 0 Å². The van der Waals surface area contributed by atoms with Crippen molar-refractivity contribution in [3.63, 3.8) is 0 Å². The molecule has 2 N–H and O–H groups in total. The Labute approximate surface area is 69.9 Å². The molecule has 12 heavy (non-hydrogen) atoms. The highest BCUT2D eigenvalue weighted by Gasteiger charge is 2.22. The first-order valence-corrected chi connectivity index (χ1v) is 3.73. The number of alkyl halides is 2. The van der Waals surface area contributed by atoms with Crippen LogP contribution in [0.25, 0.3) is 0 Å². The third-order valence-corrected chi connectivity index (χ3v) is 1.52. The summed E-state index contributed by atoms with van der Waals surface area (Å²) in [5.41, 5.74) is 4.82. The number of hydrogen-bond acceptors (Lipinski definition) is 3. The van der Waals surface area contributed by atoms with Crippen molar-refractivity contribution in [1.29, 1.82) is 0 Å². The minimum atomic E-state index is -2.82. The minimum absolute atomic E-state index is 0.380. The Morgan fingerprint density at radius 2 is 2.08 bits per heavy atom. The molecular weight excluding hydrogens is 168 g/mol. The highest BCUT2D eigenvalue weighted by molar-refractivity contribution is 5.72. The van der Waals surface area contributed by atoms with Crippen LogP contribution < -0.4 is 5.73 Å². The van der Waals surface area contributed by atoms with Crippen molar-refractivity contribution in [2.75, 3.05) is 0 Å². The van der Waals surface area contributed by atoms with Crippen LogP contribution in [0, 0.1) is 5.92 Å². The van der Waals surface area contributed by atoms with Gasteiger partial charge in [-0.3, -0.25) is 10.5 Å². The Balaban J connectivity index is 3.84. The van der Waals surface area contributed by atoms with E-state index < -0.39 is 18.6 Å². The number of nitrogens with two attached hydrogens (primary N) is 1. The van der Waals surface area contributed by atoms with Gasteiger partial charge in [0.15, 0.2) is 0 Å². The molecule has 0 heterocycles. The summed E-state index contributed by atoms with van der Waals surface area (Å²) in [7, 11) is 0. The molecule has 0 radical (unpaired) electrons. The van der Waals surface area contributed by atoms with Crippen LogP contribution in [0.15, 0.2) is 0 Å². The first-order valence-electron chi connectivity index (χ1n) is 3.73. The van der Waals surface area contributed by atoms with Crippen molar-refractivity contribution in [2.24, 2.45) is 11.7 Å². The number of carbonyl (C=O) groups is 1. The summed E-state index contributed by atoms with van der Waals surface area (Å²) in [6, 6.07) is 0. The van der Waals surface area contributed by atoms with Crippen molar-refractivity contribution in [3.8, 4) is 0 Å². The number of halogens is 2. The quantitative estimate of drug-likeness (QED) is 0.522. The van der Waals surface area contributed by atoms with Gasteiger partial charge in [0.25, 0.3) is 6.43 Å². The summed E-state index contributed by atoms with van der Waals surface area (Å²) in [4.78, 5) is 10.9.